The Labute approximate surface area is 231 Å². The summed E-state index contributed by atoms with van der Waals surface area (Å²) in [6.45, 7) is 11.6. The van der Waals surface area contributed by atoms with Crippen LogP contribution >= 0.6 is 11.8 Å². The number of rotatable bonds is 15. The van der Waals surface area contributed by atoms with Crippen molar-refractivity contribution in [2.75, 3.05) is 31.7 Å². The first-order chi connectivity index (χ1) is 17.9. The molecule has 2 unspecified atom stereocenters. The smallest absolute Gasteiger partial charge is 0.408 e. The number of alkyl carbamates (subject to hydrolysis) is 1. The molecule has 0 spiro atoms. The van der Waals surface area contributed by atoms with Crippen molar-refractivity contribution in [3.8, 4) is 0 Å². The van der Waals surface area contributed by atoms with Crippen LogP contribution in [0.25, 0.3) is 0 Å². The number of nitrogens with one attached hydrogen (secondary N) is 2. The van der Waals surface area contributed by atoms with E-state index in [9.17, 15) is 19.2 Å². The summed E-state index contributed by atoms with van der Waals surface area (Å²) in [4.78, 5) is 53.5. The van der Waals surface area contributed by atoms with E-state index in [1.54, 1.807) is 44.4 Å². The molecule has 1 aromatic rings. The summed E-state index contributed by atoms with van der Waals surface area (Å²) in [6, 6.07) is 5.65. The van der Waals surface area contributed by atoms with E-state index >= 15 is 0 Å². The number of hydrogen-bond acceptors (Lipinski definition) is 7. The zero-order chi connectivity index (χ0) is 28.7. The number of amides is 3. The Morgan fingerprint density at radius 1 is 1.13 bits per heavy atom. The van der Waals surface area contributed by atoms with E-state index in [0.717, 1.165) is 12.0 Å². The molecule has 9 nitrogen and oxygen atoms in total. The van der Waals surface area contributed by atoms with Gasteiger partial charge in [0, 0.05) is 13.1 Å². The molecule has 38 heavy (non-hydrogen) atoms. The zero-order valence-electron chi connectivity index (χ0n) is 23.9. The van der Waals surface area contributed by atoms with Gasteiger partial charge < -0.3 is 25.0 Å². The van der Waals surface area contributed by atoms with Crippen LogP contribution in [0.1, 0.15) is 77.5 Å². The van der Waals surface area contributed by atoms with E-state index in [1.807, 2.05) is 44.4 Å². The molecule has 0 heterocycles. The molecule has 214 valence electrons. The fourth-order valence-electron chi connectivity index (χ4n) is 3.77. The second-order valence-corrected chi connectivity index (χ2v) is 11.0. The van der Waals surface area contributed by atoms with Crippen LogP contribution in [0, 0.1) is 6.92 Å². The minimum atomic E-state index is -0.937. The van der Waals surface area contributed by atoms with Crippen LogP contribution in [0.2, 0.25) is 0 Å². The van der Waals surface area contributed by atoms with Crippen LogP contribution < -0.4 is 10.6 Å². The van der Waals surface area contributed by atoms with Gasteiger partial charge >= 0.3 is 12.1 Å². The van der Waals surface area contributed by atoms with Gasteiger partial charge in [0.2, 0.25) is 11.8 Å². The predicted molar refractivity (Wildman–Crippen MR) is 151 cm³/mol. The van der Waals surface area contributed by atoms with Gasteiger partial charge in [0.15, 0.2) is 0 Å². The summed E-state index contributed by atoms with van der Waals surface area (Å²) in [5, 5.41) is 5.54. The van der Waals surface area contributed by atoms with Gasteiger partial charge in [0.25, 0.3) is 0 Å². The lowest BCUT2D eigenvalue weighted by Gasteiger charge is -2.34. The Morgan fingerprint density at radius 2 is 1.84 bits per heavy atom. The lowest BCUT2D eigenvalue weighted by atomic mass is 10.00. The van der Waals surface area contributed by atoms with Crippen molar-refractivity contribution in [1.82, 2.24) is 15.5 Å². The minimum absolute atomic E-state index is 0.0274. The number of carbonyl (C=O) groups excluding carboxylic acids is 4. The van der Waals surface area contributed by atoms with Gasteiger partial charge in [-0.2, -0.15) is 11.8 Å². The average Bonchev–Trinajstić information content (AvgIpc) is 2.82. The van der Waals surface area contributed by atoms with Crippen LogP contribution in [0.5, 0.6) is 0 Å². The highest BCUT2D eigenvalue weighted by atomic mass is 32.2. The van der Waals surface area contributed by atoms with Crippen LogP contribution in [0.4, 0.5) is 4.79 Å². The highest BCUT2D eigenvalue weighted by molar-refractivity contribution is 7.98. The van der Waals surface area contributed by atoms with Crippen LogP contribution in [-0.4, -0.2) is 72.1 Å². The highest BCUT2D eigenvalue weighted by Crippen LogP contribution is 2.25. The zero-order valence-corrected chi connectivity index (χ0v) is 24.7. The van der Waals surface area contributed by atoms with Crippen molar-refractivity contribution >= 4 is 35.6 Å². The first-order valence-corrected chi connectivity index (χ1v) is 14.6. The maximum absolute atomic E-state index is 14.0. The average molecular weight is 552 g/mol. The van der Waals surface area contributed by atoms with Gasteiger partial charge in [0.05, 0.1) is 13.0 Å². The van der Waals surface area contributed by atoms with Crippen molar-refractivity contribution in [2.45, 2.75) is 84.9 Å². The van der Waals surface area contributed by atoms with Gasteiger partial charge in [-0.25, -0.2) is 4.79 Å². The molecule has 0 aromatic heterocycles. The van der Waals surface area contributed by atoms with Gasteiger partial charge in [-0.1, -0.05) is 43.2 Å². The van der Waals surface area contributed by atoms with E-state index < -0.39 is 35.7 Å². The summed E-state index contributed by atoms with van der Waals surface area (Å²) in [5.74, 6) is -0.526. The molecule has 0 radical (unpaired) electrons. The van der Waals surface area contributed by atoms with E-state index in [-0.39, 0.29) is 25.5 Å². The fraction of sp³-hybridized carbons (Fsp3) is 0.643. The largest absolute Gasteiger partial charge is 0.466 e. The summed E-state index contributed by atoms with van der Waals surface area (Å²) >= 11 is 1.56. The number of esters is 1. The molecule has 3 amide bonds. The van der Waals surface area contributed by atoms with E-state index in [2.05, 4.69) is 10.6 Å². The molecular weight excluding hydrogens is 506 g/mol. The Hall–Kier alpha value is -2.75. The third-order valence-corrected chi connectivity index (χ3v) is 6.13. The van der Waals surface area contributed by atoms with Crippen LogP contribution in [0.15, 0.2) is 24.3 Å². The molecule has 1 aromatic carbocycles. The number of carbonyl (C=O) groups is 4. The molecule has 10 heteroatoms. The first kappa shape index (κ1) is 33.3. The molecular formula is C28H45N3O6S. The normalized spacial score (nSPS) is 12.7. The predicted octanol–water partition coefficient (Wildman–Crippen LogP) is 4.38. The maximum Gasteiger partial charge on any atom is 0.408 e. The second kappa shape index (κ2) is 17.0. The molecule has 0 saturated carbocycles. The number of aryl methyl sites for hydroxylation is 1. The van der Waals surface area contributed by atoms with Crippen molar-refractivity contribution < 1.29 is 28.7 Å². The van der Waals surface area contributed by atoms with Crippen molar-refractivity contribution in [2.24, 2.45) is 0 Å². The highest BCUT2D eigenvalue weighted by Gasteiger charge is 2.36. The SMILES string of the molecule is CCCCN(C(=O)C(CCSC)NC(=O)OC(C)(C)C)C(C(=O)NCCC(=O)OCC)c1cccc(C)c1. The molecule has 0 fully saturated rings. The number of hydrogen-bond donors (Lipinski definition) is 2. The number of benzene rings is 1. The molecule has 2 N–H and O–H groups in total. The lowest BCUT2D eigenvalue weighted by Crippen LogP contribution is -2.53. The monoisotopic (exact) mass is 551 g/mol. The van der Waals surface area contributed by atoms with E-state index in [4.69, 9.17) is 9.47 Å². The fourth-order valence-corrected chi connectivity index (χ4v) is 4.24. The van der Waals surface area contributed by atoms with Crippen molar-refractivity contribution in [1.29, 1.82) is 0 Å². The minimum Gasteiger partial charge on any atom is -0.466 e. The number of ether oxygens (including phenoxy) is 2. The summed E-state index contributed by atoms with van der Waals surface area (Å²) in [6.07, 6.45) is 3.14. The number of nitrogens with zero attached hydrogens (tertiary/aromatic N) is 1. The molecule has 1 rings (SSSR count). The van der Waals surface area contributed by atoms with Crippen LogP contribution in [0.3, 0.4) is 0 Å². The number of thioether (sulfide) groups is 1. The van der Waals surface area contributed by atoms with Gasteiger partial charge in [-0.3, -0.25) is 14.4 Å². The quantitative estimate of drug-likeness (QED) is 0.311. The molecule has 0 bridgehead atoms. The Bertz CT molecular complexity index is 918. The van der Waals surface area contributed by atoms with Gasteiger partial charge in [0.1, 0.15) is 17.7 Å². The first-order valence-electron chi connectivity index (χ1n) is 13.2. The maximum atomic E-state index is 14.0. The molecule has 0 saturated heterocycles. The Kier molecular flexibility index (Phi) is 14.9. The molecule has 2 atom stereocenters. The summed E-state index contributed by atoms with van der Waals surface area (Å²) < 4.78 is 10.4. The Balaban J connectivity index is 3.36. The van der Waals surface area contributed by atoms with Crippen molar-refractivity contribution in [3.63, 3.8) is 0 Å². The summed E-state index contributed by atoms with van der Waals surface area (Å²) in [7, 11) is 0. The van der Waals surface area contributed by atoms with E-state index in [0.29, 0.717) is 30.7 Å². The second-order valence-electron chi connectivity index (χ2n) is 10.0. The van der Waals surface area contributed by atoms with Crippen LogP contribution in [-0.2, 0) is 23.9 Å². The standard InChI is InChI=1S/C28H45N3O6S/c1-8-10-17-31(26(34)22(15-18-38-7)30-27(35)37-28(4,5)6)24(21-13-11-12-20(3)19-21)25(33)29-16-14-23(32)36-9-2/h11-13,19,22,24H,8-10,14-18H2,1-7H3,(H,29,33)(H,30,35). The third kappa shape index (κ3) is 12.2. The molecule has 0 aliphatic heterocycles. The number of unbranched alkanes of at least 4 members (excludes halogenated alkanes) is 1. The summed E-state index contributed by atoms with van der Waals surface area (Å²) in [5.41, 5.74) is 0.881. The molecule has 0 aliphatic carbocycles. The lowest BCUT2D eigenvalue weighted by molar-refractivity contribution is -0.144. The Morgan fingerprint density at radius 3 is 2.42 bits per heavy atom. The van der Waals surface area contributed by atoms with Gasteiger partial charge in [-0.05, 0) is 65.0 Å². The van der Waals surface area contributed by atoms with E-state index in [1.165, 1.54) is 0 Å². The topological polar surface area (TPSA) is 114 Å². The van der Waals surface area contributed by atoms with Gasteiger partial charge in [-0.15, -0.1) is 0 Å². The van der Waals surface area contributed by atoms with Crippen molar-refractivity contribution in [3.05, 3.63) is 35.4 Å². The third-order valence-electron chi connectivity index (χ3n) is 5.49. The molecule has 0 aliphatic rings.